The number of anilines is 2. The molecule has 4 aromatic rings. The lowest BCUT2D eigenvalue weighted by atomic mass is 10.1. The molecule has 1 aromatic heterocycles. The molecule has 0 radical (unpaired) electrons. The van der Waals surface area contributed by atoms with Crippen LogP contribution in [-0.2, 0) is 0 Å². The fourth-order valence-corrected chi connectivity index (χ4v) is 2.87. The zero-order valence-electron chi connectivity index (χ0n) is 14.3. The van der Waals surface area contributed by atoms with E-state index in [1.807, 2.05) is 60.7 Å². The first-order chi connectivity index (χ1) is 13.2. The highest BCUT2D eigenvalue weighted by molar-refractivity contribution is 6.05. The zero-order chi connectivity index (χ0) is 18.6. The van der Waals surface area contributed by atoms with Crippen molar-refractivity contribution in [3.8, 4) is 0 Å². The maximum absolute atomic E-state index is 13.0. The standard InChI is InChI=1S/C21H16N4O2/c26-20-18-14-8-7-13-17(18)19(22-23-20)21(27)24-25(15-9-3-1-4-10-15)16-11-5-2-6-12-16/h1-14H,(H,23,26)(H,24,27). The number of nitrogens with one attached hydrogen (secondary N) is 2. The predicted molar refractivity (Wildman–Crippen MR) is 105 cm³/mol. The monoisotopic (exact) mass is 356 g/mol. The van der Waals surface area contributed by atoms with Gasteiger partial charge in [0.1, 0.15) is 0 Å². The van der Waals surface area contributed by atoms with Crippen LogP contribution in [0, 0.1) is 0 Å². The highest BCUT2D eigenvalue weighted by atomic mass is 16.2. The van der Waals surface area contributed by atoms with Gasteiger partial charge in [0.25, 0.3) is 11.5 Å². The van der Waals surface area contributed by atoms with Gasteiger partial charge < -0.3 is 0 Å². The van der Waals surface area contributed by atoms with Crippen molar-refractivity contribution in [3.63, 3.8) is 0 Å². The Hall–Kier alpha value is -3.93. The van der Waals surface area contributed by atoms with Gasteiger partial charge in [-0.2, -0.15) is 5.10 Å². The molecule has 4 rings (SSSR count). The van der Waals surface area contributed by atoms with Crippen LogP contribution in [-0.4, -0.2) is 16.1 Å². The van der Waals surface area contributed by atoms with Crippen LogP contribution in [0.4, 0.5) is 11.4 Å². The molecule has 0 saturated heterocycles. The first-order valence-electron chi connectivity index (χ1n) is 8.42. The quantitative estimate of drug-likeness (QED) is 0.549. The third kappa shape index (κ3) is 3.28. The Morgan fingerprint density at radius 3 is 1.89 bits per heavy atom. The van der Waals surface area contributed by atoms with E-state index >= 15 is 0 Å². The van der Waals surface area contributed by atoms with Gasteiger partial charge in [-0.3, -0.25) is 20.0 Å². The molecule has 0 aliphatic carbocycles. The second kappa shape index (κ2) is 7.13. The number of hydrogen-bond acceptors (Lipinski definition) is 4. The number of fused-ring (bicyclic) bond motifs is 1. The van der Waals surface area contributed by atoms with Gasteiger partial charge in [0.15, 0.2) is 5.69 Å². The summed E-state index contributed by atoms with van der Waals surface area (Å²) >= 11 is 0. The normalized spacial score (nSPS) is 10.5. The van der Waals surface area contributed by atoms with Gasteiger partial charge >= 0.3 is 0 Å². The van der Waals surface area contributed by atoms with Gasteiger partial charge in [-0.1, -0.05) is 54.6 Å². The number of carbonyl (C=O) groups is 1. The molecule has 132 valence electrons. The van der Waals surface area contributed by atoms with Crippen LogP contribution in [0.15, 0.2) is 89.7 Å². The van der Waals surface area contributed by atoms with E-state index in [9.17, 15) is 9.59 Å². The first-order valence-corrected chi connectivity index (χ1v) is 8.42. The Morgan fingerprint density at radius 2 is 1.30 bits per heavy atom. The van der Waals surface area contributed by atoms with Crippen LogP contribution < -0.4 is 16.0 Å². The smallest absolute Gasteiger partial charge is 0.267 e. The van der Waals surface area contributed by atoms with Crippen LogP contribution in [0.2, 0.25) is 0 Å². The number of rotatable bonds is 4. The minimum Gasteiger partial charge on any atom is -0.267 e. The van der Waals surface area contributed by atoms with Crippen LogP contribution in [0.1, 0.15) is 10.5 Å². The summed E-state index contributed by atoms with van der Waals surface area (Å²) < 4.78 is 0. The Bertz CT molecular complexity index is 1100. The van der Waals surface area contributed by atoms with Crippen LogP contribution in [0.5, 0.6) is 0 Å². The van der Waals surface area contributed by atoms with E-state index in [4.69, 9.17) is 0 Å². The van der Waals surface area contributed by atoms with Gasteiger partial charge in [0, 0.05) is 5.39 Å². The van der Waals surface area contributed by atoms with Crippen molar-refractivity contribution in [1.82, 2.24) is 15.6 Å². The number of hydrogen-bond donors (Lipinski definition) is 2. The SMILES string of the molecule is O=C(NN(c1ccccc1)c1ccccc1)c1n[nH]c(=O)c2ccccc12. The summed E-state index contributed by atoms with van der Waals surface area (Å²) in [6.45, 7) is 0. The fourth-order valence-electron chi connectivity index (χ4n) is 2.87. The van der Waals surface area contributed by atoms with E-state index in [2.05, 4.69) is 15.6 Å². The maximum atomic E-state index is 13.0. The van der Waals surface area contributed by atoms with E-state index in [0.29, 0.717) is 10.8 Å². The Morgan fingerprint density at radius 1 is 0.778 bits per heavy atom. The molecular weight excluding hydrogens is 340 g/mol. The highest BCUT2D eigenvalue weighted by Crippen LogP contribution is 2.23. The number of benzene rings is 3. The number of nitrogens with zero attached hydrogens (tertiary/aromatic N) is 2. The molecule has 1 heterocycles. The number of aromatic amines is 1. The third-order valence-electron chi connectivity index (χ3n) is 4.15. The Labute approximate surface area is 155 Å². The van der Waals surface area contributed by atoms with Gasteiger partial charge in [0.2, 0.25) is 0 Å². The molecule has 3 aromatic carbocycles. The molecule has 0 saturated carbocycles. The molecule has 0 fully saturated rings. The van der Waals surface area contributed by atoms with Gasteiger partial charge in [-0.25, -0.2) is 5.10 Å². The molecular formula is C21H16N4O2. The minimum atomic E-state index is -0.421. The number of aromatic nitrogens is 2. The molecule has 0 spiro atoms. The van der Waals surface area contributed by atoms with Crippen molar-refractivity contribution in [2.75, 3.05) is 5.01 Å². The largest absolute Gasteiger partial charge is 0.291 e. The topological polar surface area (TPSA) is 78.1 Å². The lowest BCUT2D eigenvalue weighted by molar-refractivity contribution is 0.0949. The Balaban J connectivity index is 1.75. The van der Waals surface area contributed by atoms with Crippen molar-refractivity contribution < 1.29 is 4.79 Å². The van der Waals surface area contributed by atoms with E-state index in [-0.39, 0.29) is 11.3 Å². The number of carbonyl (C=O) groups excluding carboxylic acids is 1. The molecule has 0 unspecified atom stereocenters. The van der Waals surface area contributed by atoms with Crippen molar-refractivity contribution >= 4 is 28.1 Å². The second-order valence-corrected chi connectivity index (χ2v) is 5.89. The van der Waals surface area contributed by atoms with Crippen molar-refractivity contribution in [3.05, 3.63) is 101 Å². The number of amides is 1. The molecule has 1 amide bonds. The third-order valence-corrected chi connectivity index (χ3v) is 4.15. The van der Waals surface area contributed by atoms with Crippen LogP contribution >= 0.6 is 0 Å². The first kappa shape index (κ1) is 16.5. The average molecular weight is 356 g/mol. The summed E-state index contributed by atoms with van der Waals surface area (Å²) in [6, 6.07) is 25.9. The number of hydrazine groups is 1. The van der Waals surface area contributed by atoms with E-state index in [1.54, 1.807) is 29.3 Å². The maximum Gasteiger partial charge on any atom is 0.291 e. The van der Waals surface area contributed by atoms with Crippen molar-refractivity contribution in [1.29, 1.82) is 0 Å². The van der Waals surface area contributed by atoms with E-state index in [0.717, 1.165) is 11.4 Å². The summed E-state index contributed by atoms with van der Waals surface area (Å²) in [5.41, 5.74) is 4.31. The molecule has 0 aliphatic rings. The summed E-state index contributed by atoms with van der Waals surface area (Å²) in [4.78, 5) is 24.9. The fraction of sp³-hybridized carbons (Fsp3) is 0. The minimum absolute atomic E-state index is 0.155. The van der Waals surface area contributed by atoms with Crippen LogP contribution in [0.25, 0.3) is 10.8 Å². The Kier molecular flexibility index (Phi) is 4.37. The van der Waals surface area contributed by atoms with Gasteiger partial charge in [-0.05, 0) is 30.3 Å². The number of H-pyrrole nitrogens is 1. The molecule has 0 atom stereocenters. The summed E-state index contributed by atoms with van der Waals surface area (Å²) in [5, 5.41) is 8.97. The summed E-state index contributed by atoms with van der Waals surface area (Å²) in [5.74, 6) is -0.421. The molecule has 27 heavy (non-hydrogen) atoms. The van der Waals surface area contributed by atoms with Gasteiger partial charge in [0.05, 0.1) is 16.8 Å². The summed E-state index contributed by atoms with van der Waals surface area (Å²) in [6.07, 6.45) is 0. The van der Waals surface area contributed by atoms with Gasteiger partial charge in [-0.15, -0.1) is 0 Å². The zero-order valence-corrected chi connectivity index (χ0v) is 14.3. The molecule has 0 aliphatic heterocycles. The average Bonchev–Trinajstić information content (AvgIpc) is 2.73. The lowest BCUT2D eigenvalue weighted by Crippen LogP contribution is -2.39. The molecule has 6 heteroatoms. The summed E-state index contributed by atoms with van der Waals surface area (Å²) in [7, 11) is 0. The van der Waals surface area contributed by atoms with E-state index < -0.39 is 5.91 Å². The number of para-hydroxylation sites is 2. The predicted octanol–water partition coefficient (Wildman–Crippen LogP) is 3.41. The second-order valence-electron chi connectivity index (χ2n) is 5.89. The lowest BCUT2D eigenvalue weighted by Gasteiger charge is -2.25. The van der Waals surface area contributed by atoms with Crippen LogP contribution in [0.3, 0.4) is 0 Å². The molecule has 0 bridgehead atoms. The van der Waals surface area contributed by atoms with Crippen molar-refractivity contribution in [2.45, 2.75) is 0 Å². The molecule has 6 nitrogen and oxygen atoms in total. The van der Waals surface area contributed by atoms with E-state index in [1.165, 1.54) is 0 Å². The van der Waals surface area contributed by atoms with Crippen molar-refractivity contribution in [2.24, 2.45) is 0 Å². The highest BCUT2D eigenvalue weighted by Gasteiger charge is 2.18. The molecule has 2 N–H and O–H groups in total.